The van der Waals surface area contributed by atoms with E-state index in [1.54, 1.807) is 6.92 Å². The highest BCUT2D eigenvalue weighted by molar-refractivity contribution is 5.78. The summed E-state index contributed by atoms with van der Waals surface area (Å²) in [6.07, 6.45) is 3.47. The first-order chi connectivity index (χ1) is 9.58. The normalized spacial score (nSPS) is 23.6. The van der Waals surface area contributed by atoms with E-state index in [4.69, 9.17) is 5.11 Å². The summed E-state index contributed by atoms with van der Waals surface area (Å²) in [4.78, 5) is 29.2. The van der Waals surface area contributed by atoms with E-state index in [9.17, 15) is 9.59 Å². The Morgan fingerprint density at radius 3 is 2.15 bits per heavy atom. The molecule has 20 heavy (non-hydrogen) atoms. The molecule has 1 amide bonds. The monoisotopic (exact) mass is 283 g/mol. The maximum atomic E-state index is 12.2. The lowest BCUT2D eigenvalue weighted by molar-refractivity contribution is -0.144. The quantitative estimate of drug-likeness (QED) is 0.792. The lowest BCUT2D eigenvalue weighted by atomic mass is 10.1. The smallest absolute Gasteiger partial charge is 0.320 e. The Morgan fingerprint density at radius 2 is 1.60 bits per heavy atom. The van der Waals surface area contributed by atoms with Crippen molar-refractivity contribution in [1.82, 2.24) is 14.7 Å². The highest BCUT2D eigenvalue weighted by Gasteiger charge is 2.27. The first-order valence-electron chi connectivity index (χ1n) is 7.55. The molecule has 1 N–H and O–H groups in total. The van der Waals surface area contributed by atoms with Gasteiger partial charge in [-0.1, -0.05) is 0 Å². The van der Waals surface area contributed by atoms with E-state index in [-0.39, 0.29) is 5.91 Å². The van der Waals surface area contributed by atoms with Crippen molar-refractivity contribution < 1.29 is 14.7 Å². The molecule has 114 valence electrons. The fourth-order valence-electron chi connectivity index (χ4n) is 2.90. The average Bonchev–Trinajstić information content (AvgIpc) is 2.48. The number of hydrogen-bond acceptors (Lipinski definition) is 4. The molecule has 0 aliphatic carbocycles. The van der Waals surface area contributed by atoms with Crippen LogP contribution in [-0.4, -0.2) is 83.5 Å². The van der Waals surface area contributed by atoms with Gasteiger partial charge >= 0.3 is 5.97 Å². The molecule has 0 bridgehead atoms. The van der Waals surface area contributed by atoms with E-state index in [0.717, 1.165) is 52.1 Å². The Balaban J connectivity index is 1.73. The number of piperidine rings is 1. The summed E-state index contributed by atoms with van der Waals surface area (Å²) in [6.45, 7) is 6.99. The summed E-state index contributed by atoms with van der Waals surface area (Å²) in [5.74, 6) is -0.549. The predicted molar refractivity (Wildman–Crippen MR) is 75.5 cm³/mol. The van der Waals surface area contributed by atoms with Gasteiger partial charge in [0.2, 0.25) is 5.91 Å². The molecule has 0 aromatic carbocycles. The zero-order valence-electron chi connectivity index (χ0n) is 12.3. The van der Waals surface area contributed by atoms with Crippen LogP contribution in [-0.2, 0) is 9.59 Å². The zero-order chi connectivity index (χ0) is 14.5. The number of carbonyl (C=O) groups excluding carboxylic acids is 1. The minimum Gasteiger partial charge on any atom is -0.480 e. The second-order valence-corrected chi connectivity index (χ2v) is 5.77. The number of hydrogen-bond donors (Lipinski definition) is 1. The summed E-state index contributed by atoms with van der Waals surface area (Å²) in [5, 5.41) is 9.00. The Labute approximate surface area is 120 Å². The minimum absolute atomic E-state index is 0.226. The molecule has 0 spiro atoms. The van der Waals surface area contributed by atoms with Gasteiger partial charge in [0.1, 0.15) is 6.04 Å². The molecule has 2 aliphatic heterocycles. The van der Waals surface area contributed by atoms with Crippen LogP contribution in [0.5, 0.6) is 0 Å². The van der Waals surface area contributed by atoms with Crippen LogP contribution >= 0.6 is 0 Å². The summed E-state index contributed by atoms with van der Waals surface area (Å²) in [5.41, 5.74) is 0. The van der Waals surface area contributed by atoms with Crippen molar-refractivity contribution in [2.24, 2.45) is 0 Å². The Bertz CT molecular complexity index is 348. The van der Waals surface area contributed by atoms with Gasteiger partial charge in [-0.05, 0) is 26.2 Å². The van der Waals surface area contributed by atoms with Gasteiger partial charge in [-0.3, -0.25) is 19.4 Å². The molecule has 6 heteroatoms. The van der Waals surface area contributed by atoms with Crippen molar-refractivity contribution in [2.75, 3.05) is 45.8 Å². The Kier molecular flexibility index (Phi) is 5.37. The molecule has 0 aromatic heterocycles. The van der Waals surface area contributed by atoms with Gasteiger partial charge in [0.05, 0.1) is 6.54 Å². The summed E-state index contributed by atoms with van der Waals surface area (Å²) in [7, 11) is 0. The van der Waals surface area contributed by atoms with Crippen molar-refractivity contribution in [3.05, 3.63) is 0 Å². The number of likely N-dealkylation sites (tertiary alicyclic amines) is 1. The van der Waals surface area contributed by atoms with E-state index in [2.05, 4.69) is 4.90 Å². The number of nitrogens with zero attached hydrogens (tertiary/aromatic N) is 3. The number of rotatable bonds is 4. The highest BCUT2D eigenvalue weighted by atomic mass is 16.4. The standard InChI is InChI=1S/C14H25N3O3/c1-12(14(19)20)16-9-7-15(8-10-16)11-13(18)17-5-3-2-4-6-17/h12H,2-11H2,1H3,(H,19,20)/t12-/m1/s1. The van der Waals surface area contributed by atoms with Crippen LogP contribution in [0.2, 0.25) is 0 Å². The van der Waals surface area contributed by atoms with Crippen LogP contribution in [0.1, 0.15) is 26.2 Å². The molecule has 1 atom stereocenters. The predicted octanol–water partition coefficient (Wildman–Crippen LogP) is 0.0896. The SMILES string of the molecule is C[C@H](C(=O)O)N1CCN(CC(=O)N2CCCCC2)CC1. The maximum absolute atomic E-state index is 12.2. The van der Waals surface area contributed by atoms with Crippen molar-refractivity contribution in [2.45, 2.75) is 32.2 Å². The maximum Gasteiger partial charge on any atom is 0.320 e. The van der Waals surface area contributed by atoms with Crippen LogP contribution in [0.4, 0.5) is 0 Å². The summed E-state index contributed by atoms with van der Waals surface area (Å²) >= 11 is 0. The molecule has 0 radical (unpaired) electrons. The number of carbonyl (C=O) groups is 2. The van der Waals surface area contributed by atoms with Crippen LogP contribution in [0, 0.1) is 0 Å². The Morgan fingerprint density at radius 1 is 1.00 bits per heavy atom. The average molecular weight is 283 g/mol. The molecule has 2 fully saturated rings. The van der Waals surface area contributed by atoms with Gasteiger partial charge in [-0.15, -0.1) is 0 Å². The number of carboxylic acid groups (broad SMARTS) is 1. The van der Waals surface area contributed by atoms with Crippen LogP contribution < -0.4 is 0 Å². The molecule has 0 unspecified atom stereocenters. The lowest BCUT2D eigenvalue weighted by Gasteiger charge is -2.37. The Hall–Kier alpha value is -1.14. The van der Waals surface area contributed by atoms with Gasteiger partial charge < -0.3 is 10.0 Å². The third-order valence-electron chi connectivity index (χ3n) is 4.38. The third-order valence-corrected chi connectivity index (χ3v) is 4.38. The van der Waals surface area contributed by atoms with Crippen molar-refractivity contribution >= 4 is 11.9 Å². The summed E-state index contributed by atoms with van der Waals surface area (Å²) < 4.78 is 0. The lowest BCUT2D eigenvalue weighted by Crippen LogP contribution is -2.54. The zero-order valence-corrected chi connectivity index (χ0v) is 12.3. The number of carboxylic acids is 1. The van der Waals surface area contributed by atoms with E-state index in [0.29, 0.717) is 6.54 Å². The second kappa shape index (κ2) is 7.04. The van der Waals surface area contributed by atoms with E-state index < -0.39 is 12.0 Å². The van der Waals surface area contributed by atoms with Crippen LogP contribution in [0.15, 0.2) is 0 Å². The number of amides is 1. The largest absolute Gasteiger partial charge is 0.480 e. The molecule has 2 rings (SSSR count). The topological polar surface area (TPSA) is 64.1 Å². The van der Waals surface area contributed by atoms with Gasteiger partial charge in [0.15, 0.2) is 0 Å². The van der Waals surface area contributed by atoms with Crippen molar-refractivity contribution in [1.29, 1.82) is 0 Å². The van der Waals surface area contributed by atoms with E-state index in [1.807, 2.05) is 9.80 Å². The highest BCUT2D eigenvalue weighted by Crippen LogP contribution is 2.11. The molecular formula is C14H25N3O3. The van der Waals surface area contributed by atoms with Crippen molar-refractivity contribution in [3.63, 3.8) is 0 Å². The second-order valence-electron chi connectivity index (χ2n) is 5.77. The number of aliphatic carboxylic acids is 1. The van der Waals surface area contributed by atoms with E-state index >= 15 is 0 Å². The van der Waals surface area contributed by atoms with Gasteiger partial charge in [0, 0.05) is 39.3 Å². The molecule has 0 aromatic rings. The first-order valence-corrected chi connectivity index (χ1v) is 7.55. The van der Waals surface area contributed by atoms with Gasteiger partial charge in [0.25, 0.3) is 0 Å². The molecule has 2 saturated heterocycles. The van der Waals surface area contributed by atoms with Gasteiger partial charge in [-0.25, -0.2) is 0 Å². The molecule has 2 heterocycles. The minimum atomic E-state index is -0.775. The first kappa shape index (κ1) is 15.3. The van der Waals surface area contributed by atoms with Crippen molar-refractivity contribution in [3.8, 4) is 0 Å². The summed E-state index contributed by atoms with van der Waals surface area (Å²) in [6, 6.07) is -0.435. The fourth-order valence-corrected chi connectivity index (χ4v) is 2.90. The number of piperazine rings is 1. The molecule has 2 aliphatic rings. The van der Waals surface area contributed by atoms with Crippen LogP contribution in [0.3, 0.4) is 0 Å². The molecule has 0 saturated carbocycles. The van der Waals surface area contributed by atoms with Crippen LogP contribution in [0.25, 0.3) is 0 Å². The van der Waals surface area contributed by atoms with Gasteiger partial charge in [-0.2, -0.15) is 0 Å². The molecule has 6 nitrogen and oxygen atoms in total. The molecular weight excluding hydrogens is 258 g/mol. The fraction of sp³-hybridized carbons (Fsp3) is 0.857. The van der Waals surface area contributed by atoms with E-state index in [1.165, 1.54) is 6.42 Å². The third kappa shape index (κ3) is 3.93.